The van der Waals surface area contributed by atoms with Gasteiger partial charge in [-0.1, -0.05) is 12.1 Å². The third-order valence-electron chi connectivity index (χ3n) is 5.54. The molecule has 1 amide bonds. The third-order valence-corrected chi connectivity index (χ3v) is 5.54. The minimum atomic E-state index is -4.35. The maximum atomic E-state index is 12.6. The number of nitrogens with zero attached hydrogens (tertiary/aromatic N) is 2. The molecule has 0 spiro atoms. The van der Waals surface area contributed by atoms with Crippen LogP contribution in [0.1, 0.15) is 30.9 Å². The fourth-order valence-corrected chi connectivity index (χ4v) is 3.80. The molecule has 1 aromatic heterocycles. The molecule has 7 heteroatoms. The van der Waals surface area contributed by atoms with Crippen LogP contribution in [0.4, 0.5) is 24.7 Å². The van der Waals surface area contributed by atoms with E-state index in [-0.39, 0.29) is 12.3 Å². The first-order chi connectivity index (χ1) is 14.8. The Kier molecular flexibility index (Phi) is 5.85. The number of aromatic nitrogens is 1. The minimum absolute atomic E-state index is 0.184. The lowest BCUT2D eigenvalue weighted by Crippen LogP contribution is -2.27. The summed E-state index contributed by atoms with van der Waals surface area (Å²) in [7, 11) is 0. The molecule has 0 saturated carbocycles. The van der Waals surface area contributed by atoms with Crippen LogP contribution in [0.15, 0.2) is 54.6 Å². The van der Waals surface area contributed by atoms with Gasteiger partial charge in [-0.3, -0.25) is 4.79 Å². The Hall–Kier alpha value is -3.09. The van der Waals surface area contributed by atoms with Crippen LogP contribution in [0.5, 0.6) is 0 Å². The normalized spacial score (nSPS) is 16.6. The number of anilines is 2. The Morgan fingerprint density at radius 2 is 1.90 bits per heavy atom. The van der Waals surface area contributed by atoms with Gasteiger partial charge in [0.05, 0.1) is 11.1 Å². The van der Waals surface area contributed by atoms with Crippen LogP contribution >= 0.6 is 0 Å². The SMILES string of the molecule is CC1[CH]CCN1c1ccc2cc(NC(=O)CCc3ccc(C(F)(F)F)cc3)ccc2n1. The van der Waals surface area contributed by atoms with Crippen LogP contribution in [-0.4, -0.2) is 23.5 Å². The van der Waals surface area contributed by atoms with E-state index in [2.05, 4.69) is 23.6 Å². The van der Waals surface area contributed by atoms with Crippen LogP contribution in [0, 0.1) is 6.42 Å². The van der Waals surface area contributed by atoms with Crippen molar-refractivity contribution >= 4 is 28.3 Å². The van der Waals surface area contributed by atoms with Gasteiger partial charge in [0.1, 0.15) is 5.82 Å². The van der Waals surface area contributed by atoms with E-state index in [1.807, 2.05) is 30.3 Å². The van der Waals surface area contributed by atoms with E-state index in [0.717, 1.165) is 41.8 Å². The van der Waals surface area contributed by atoms with E-state index in [9.17, 15) is 18.0 Å². The molecule has 1 unspecified atom stereocenters. The summed E-state index contributed by atoms with van der Waals surface area (Å²) in [5.41, 5.74) is 1.53. The van der Waals surface area contributed by atoms with Gasteiger partial charge in [-0.05, 0) is 74.2 Å². The van der Waals surface area contributed by atoms with E-state index in [1.54, 1.807) is 0 Å². The zero-order chi connectivity index (χ0) is 22.0. The summed E-state index contributed by atoms with van der Waals surface area (Å²) >= 11 is 0. The maximum absolute atomic E-state index is 12.6. The number of hydrogen-bond acceptors (Lipinski definition) is 3. The topological polar surface area (TPSA) is 45.2 Å². The number of carbonyl (C=O) groups excluding carboxylic acids is 1. The number of aryl methyl sites for hydroxylation is 1. The van der Waals surface area contributed by atoms with E-state index < -0.39 is 11.7 Å². The maximum Gasteiger partial charge on any atom is 0.416 e. The number of halogens is 3. The summed E-state index contributed by atoms with van der Waals surface area (Å²) < 4.78 is 37.9. The number of amides is 1. The van der Waals surface area contributed by atoms with Crippen molar-refractivity contribution in [2.24, 2.45) is 0 Å². The van der Waals surface area contributed by atoms with Crippen molar-refractivity contribution < 1.29 is 18.0 Å². The van der Waals surface area contributed by atoms with Crippen LogP contribution in [0.3, 0.4) is 0 Å². The fourth-order valence-electron chi connectivity index (χ4n) is 3.80. The lowest BCUT2D eigenvalue weighted by atomic mass is 10.1. The van der Waals surface area contributed by atoms with Crippen molar-refractivity contribution in [3.63, 3.8) is 0 Å². The Morgan fingerprint density at radius 1 is 1.13 bits per heavy atom. The predicted octanol–water partition coefficient (Wildman–Crippen LogP) is 5.63. The molecule has 2 heterocycles. The van der Waals surface area contributed by atoms with Gasteiger partial charge in [0, 0.05) is 30.1 Å². The molecular formula is C24H23F3N3O. The van der Waals surface area contributed by atoms with Gasteiger partial charge in [-0.15, -0.1) is 0 Å². The summed E-state index contributed by atoms with van der Waals surface area (Å²) in [4.78, 5) is 19.3. The summed E-state index contributed by atoms with van der Waals surface area (Å²) in [6, 6.07) is 14.8. The van der Waals surface area contributed by atoms with Crippen molar-refractivity contribution in [2.75, 3.05) is 16.8 Å². The van der Waals surface area contributed by atoms with E-state index in [4.69, 9.17) is 4.98 Å². The number of alkyl halides is 3. The second-order valence-corrected chi connectivity index (χ2v) is 7.78. The van der Waals surface area contributed by atoms with Crippen LogP contribution < -0.4 is 10.2 Å². The third kappa shape index (κ3) is 4.98. The molecule has 2 aromatic carbocycles. The molecule has 1 radical (unpaired) electrons. The predicted molar refractivity (Wildman–Crippen MR) is 116 cm³/mol. The van der Waals surface area contributed by atoms with Gasteiger partial charge >= 0.3 is 6.18 Å². The summed E-state index contributed by atoms with van der Waals surface area (Å²) in [6.07, 6.45) is -0.474. The Labute approximate surface area is 179 Å². The molecule has 1 aliphatic heterocycles. The molecule has 1 N–H and O–H groups in total. The van der Waals surface area contributed by atoms with Crippen molar-refractivity contribution in [2.45, 2.75) is 38.4 Å². The van der Waals surface area contributed by atoms with Gasteiger partial charge in [0.2, 0.25) is 5.91 Å². The standard InChI is InChI=1S/C24H23F3N3O/c1-16-3-2-14-30(16)22-12-7-18-15-20(10-11-21(18)29-22)28-23(31)13-6-17-4-8-19(9-5-17)24(25,26)27/h3-5,7-12,15-16H,2,6,13-14H2,1H3,(H,28,31). The molecule has 0 aliphatic carbocycles. The van der Waals surface area contributed by atoms with E-state index >= 15 is 0 Å². The number of benzene rings is 2. The summed E-state index contributed by atoms with van der Waals surface area (Å²) in [5.74, 6) is 0.757. The summed E-state index contributed by atoms with van der Waals surface area (Å²) in [5, 5.41) is 3.79. The van der Waals surface area contributed by atoms with E-state index in [0.29, 0.717) is 23.7 Å². The van der Waals surface area contributed by atoms with Crippen molar-refractivity contribution in [3.05, 3.63) is 72.1 Å². The molecule has 1 fully saturated rings. The lowest BCUT2D eigenvalue weighted by Gasteiger charge is -2.22. The minimum Gasteiger partial charge on any atom is -0.354 e. The second kappa shape index (κ2) is 8.57. The molecule has 31 heavy (non-hydrogen) atoms. The Bertz CT molecular complexity index is 1080. The van der Waals surface area contributed by atoms with E-state index in [1.165, 1.54) is 12.1 Å². The number of pyridine rings is 1. The highest BCUT2D eigenvalue weighted by Crippen LogP contribution is 2.29. The molecule has 161 valence electrons. The molecule has 1 atom stereocenters. The quantitative estimate of drug-likeness (QED) is 0.575. The molecule has 3 aromatic rings. The number of fused-ring (bicyclic) bond motifs is 1. The molecule has 4 rings (SSSR count). The molecule has 1 aliphatic rings. The number of nitrogens with one attached hydrogen (secondary N) is 1. The van der Waals surface area contributed by atoms with Crippen LogP contribution in [0.25, 0.3) is 10.9 Å². The van der Waals surface area contributed by atoms with Crippen molar-refractivity contribution in [1.29, 1.82) is 0 Å². The van der Waals surface area contributed by atoms with Gasteiger partial charge in [-0.25, -0.2) is 4.98 Å². The lowest BCUT2D eigenvalue weighted by molar-refractivity contribution is -0.137. The first kappa shape index (κ1) is 21.2. The van der Waals surface area contributed by atoms with Crippen LogP contribution in [-0.2, 0) is 17.4 Å². The highest BCUT2D eigenvalue weighted by atomic mass is 19.4. The second-order valence-electron chi connectivity index (χ2n) is 7.78. The van der Waals surface area contributed by atoms with Crippen molar-refractivity contribution in [1.82, 2.24) is 4.98 Å². The molecule has 0 bridgehead atoms. The first-order valence-corrected chi connectivity index (χ1v) is 10.3. The summed E-state index contributed by atoms with van der Waals surface area (Å²) in [6.45, 7) is 3.12. The van der Waals surface area contributed by atoms with Crippen molar-refractivity contribution in [3.8, 4) is 0 Å². The Balaban J connectivity index is 1.37. The average Bonchev–Trinajstić information content (AvgIpc) is 3.17. The highest BCUT2D eigenvalue weighted by Gasteiger charge is 2.29. The zero-order valence-corrected chi connectivity index (χ0v) is 17.1. The van der Waals surface area contributed by atoms with Gasteiger partial charge in [-0.2, -0.15) is 13.2 Å². The number of rotatable bonds is 5. The average molecular weight is 426 g/mol. The zero-order valence-electron chi connectivity index (χ0n) is 17.1. The van der Waals surface area contributed by atoms with Crippen LogP contribution in [0.2, 0.25) is 0 Å². The first-order valence-electron chi connectivity index (χ1n) is 10.3. The monoisotopic (exact) mass is 426 g/mol. The largest absolute Gasteiger partial charge is 0.416 e. The number of carbonyl (C=O) groups is 1. The molecular weight excluding hydrogens is 403 g/mol. The molecule has 4 nitrogen and oxygen atoms in total. The van der Waals surface area contributed by atoms with Gasteiger partial charge in [0.15, 0.2) is 0 Å². The fraction of sp³-hybridized carbons (Fsp3) is 0.292. The smallest absolute Gasteiger partial charge is 0.354 e. The highest BCUT2D eigenvalue weighted by molar-refractivity contribution is 5.94. The van der Waals surface area contributed by atoms with Gasteiger partial charge < -0.3 is 10.2 Å². The molecule has 1 saturated heterocycles. The number of hydrogen-bond donors (Lipinski definition) is 1. The Morgan fingerprint density at radius 3 is 2.58 bits per heavy atom. The van der Waals surface area contributed by atoms with Gasteiger partial charge in [0.25, 0.3) is 0 Å².